The quantitative estimate of drug-likeness (QED) is 0.851. The molecule has 0 aliphatic rings. The Balaban J connectivity index is 2.61. The molecule has 0 unspecified atom stereocenters. The van der Waals surface area contributed by atoms with Gasteiger partial charge in [0.15, 0.2) is 5.82 Å². The Morgan fingerprint density at radius 3 is 2.50 bits per heavy atom. The summed E-state index contributed by atoms with van der Waals surface area (Å²) in [7, 11) is 0. The highest BCUT2D eigenvalue weighted by atomic mass is 19.4. The summed E-state index contributed by atoms with van der Waals surface area (Å²) in [5, 5.41) is 0. The van der Waals surface area contributed by atoms with Crippen LogP contribution in [-0.4, -0.2) is 9.66 Å². The average Bonchev–Trinajstić information content (AvgIpc) is 2.67. The number of rotatable bonds is 3. The second-order valence-electron chi connectivity index (χ2n) is 4.43. The van der Waals surface area contributed by atoms with Gasteiger partial charge in [0.25, 0.3) is 0 Å². The van der Waals surface area contributed by atoms with Gasteiger partial charge in [0.05, 0.1) is 5.56 Å². The molecule has 0 aliphatic heterocycles. The van der Waals surface area contributed by atoms with Gasteiger partial charge in [0, 0.05) is 12.0 Å². The summed E-state index contributed by atoms with van der Waals surface area (Å²) in [6.45, 7) is 1.92. The lowest BCUT2D eigenvalue weighted by Crippen LogP contribution is -2.15. The van der Waals surface area contributed by atoms with Crippen molar-refractivity contribution in [1.29, 1.82) is 0 Å². The smallest absolute Gasteiger partial charge is 0.382 e. The third-order valence-electron chi connectivity index (χ3n) is 2.98. The molecule has 0 aliphatic carbocycles. The third kappa shape index (κ3) is 2.43. The maximum absolute atomic E-state index is 13.0. The first-order valence-corrected chi connectivity index (χ1v) is 6.15. The number of hydrogen-bond acceptors (Lipinski definition) is 3. The molecule has 0 fully saturated rings. The maximum Gasteiger partial charge on any atom is 0.417 e. The van der Waals surface area contributed by atoms with Gasteiger partial charge in [-0.2, -0.15) is 13.2 Å². The molecular formula is C13H15F3N4. The summed E-state index contributed by atoms with van der Waals surface area (Å²) in [6.07, 6.45) is -3.14. The minimum absolute atomic E-state index is 0.0325. The van der Waals surface area contributed by atoms with Gasteiger partial charge in [-0.1, -0.05) is 25.1 Å². The lowest BCUT2D eigenvalue weighted by atomic mass is 10.0. The highest BCUT2D eigenvalue weighted by molar-refractivity contribution is 5.74. The number of nitrogens with two attached hydrogens (primary N) is 2. The highest BCUT2D eigenvalue weighted by Gasteiger charge is 2.34. The van der Waals surface area contributed by atoms with Gasteiger partial charge in [-0.25, -0.2) is 9.66 Å². The van der Waals surface area contributed by atoms with Crippen molar-refractivity contribution in [2.24, 2.45) is 0 Å². The van der Waals surface area contributed by atoms with E-state index in [2.05, 4.69) is 4.98 Å². The van der Waals surface area contributed by atoms with E-state index in [9.17, 15) is 13.2 Å². The van der Waals surface area contributed by atoms with Crippen LogP contribution in [0.1, 0.15) is 24.7 Å². The molecule has 0 radical (unpaired) electrons. The molecule has 0 atom stereocenters. The van der Waals surface area contributed by atoms with Gasteiger partial charge in [-0.05, 0) is 12.5 Å². The number of hydrogen-bond donors (Lipinski definition) is 2. The molecule has 1 aromatic carbocycles. The lowest BCUT2D eigenvalue weighted by Gasteiger charge is -2.11. The summed E-state index contributed by atoms with van der Waals surface area (Å²) in [5.41, 5.74) is 5.03. The van der Waals surface area contributed by atoms with Gasteiger partial charge >= 0.3 is 6.18 Å². The van der Waals surface area contributed by atoms with Crippen LogP contribution in [0.2, 0.25) is 0 Å². The molecule has 2 rings (SSSR count). The van der Waals surface area contributed by atoms with Crippen LogP contribution in [0.4, 0.5) is 19.0 Å². The lowest BCUT2D eigenvalue weighted by molar-refractivity contribution is -0.137. The molecule has 0 saturated carbocycles. The number of benzene rings is 1. The molecular weight excluding hydrogens is 269 g/mol. The molecule has 0 bridgehead atoms. The Morgan fingerprint density at radius 2 is 1.90 bits per heavy atom. The zero-order valence-corrected chi connectivity index (χ0v) is 10.9. The van der Waals surface area contributed by atoms with Crippen LogP contribution in [0.5, 0.6) is 0 Å². The number of nitrogen functional groups attached to an aromatic ring is 2. The normalized spacial score (nSPS) is 11.8. The van der Waals surface area contributed by atoms with Gasteiger partial charge in [0.1, 0.15) is 11.5 Å². The number of halogens is 3. The van der Waals surface area contributed by atoms with Crippen LogP contribution in [0.3, 0.4) is 0 Å². The fourth-order valence-electron chi connectivity index (χ4n) is 2.03. The summed E-state index contributed by atoms with van der Waals surface area (Å²) < 4.78 is 40.2. The van der Waals surface area contributed by atoms with Crippen molar-refractivity contribution in [3.8, 4) is 11.3 Å². The Hall–Kier alpha value is -2.18. The van der Waals surface area contributed by atoms with Crippen molar-refractivity contribution < 1.29 is 13.2 Å². The first-order valence-electron chi connectivity index (χ1n) is 6.15. The van der Waals surface area contributed by atoms with E-state index in [1.54, 1.807) is 0 Å². The monoisotopic (exact) mass is 284 g/mol. The summed E-state index contributed by atoms with van der Waals surface area (Å²) in [5.74, 6) is 6.24. The minimum atomic E-state index is -4.47. The average molecular weight is 284 g/mol. The standard InChI is InChI=1S/C13H15F3N4/c1-2-5-10-19-11(12(17)20(10)18)8-6-3-4-7-9(8)13(14,15)16/h3-4,6-7H,2,5,17-18H2,1H3. The van der Waals surface area contributed by atoms with Gasteiger partial charge in [-0.3, -0.25) is 0 Å². The van der Waals surface area contributed by atoms with E-state index >= 15 is 0 Å². The minimum Gasteiger partial charge on any atom is -0.382 e. The van der Waals surface area contributed by atoms with E-state index in [0.717, 1.165) is 17.2 Å². The van der Waals surface area contributed by atoms with Crippen LogP contribution >= 0.6 is 0 Å². The SMILES string of the molecule is CCCc1nc(-c2ccccc2C(F)(F)F)c(N)n1N. The van der Waals surface area contributed by atoms with Crippen LogP contribution in [-0.2, 0) is 12.6 Å². The predicted molar refractivity (Wildman–Crippen MR) is 71.2 cm³/mol. The van der Waals surface area contributed by atoms with Gasteiger partial charge < -0.3 is 11.6 Å². The van der Waals surface area contributed by atoms with Crippen LogP contribution < -0.4 is 11.6 Å². The van der Waals surface area contributed by atoms with Crippen LogP contribution in [0.25, 0.3) is 11.3 Å². The predicted octanol–water partition coefficient (Wildman–Crippen LogP) is 2.82. The van der Waals surface area contributed by atoms with E-state index < -0.39 is 11.7 Å². The van der Waals surface area contributed by atoms with E-state index in [1.165, 1.54) is 18.2 Å². The zero-order valence-electron chi connectivity index (χ0n) is 10.9. The molecule has 1 aromatic heterocycles. The largest absolute Gasteiger partial charge is 0.417 e. The molecule has 108 valence electrons. The Morgan fingerprint density at radius 1 is 1.25 bits per heavy atom. The van der Waals surface area contributed by atoms with E-state index in [1.807, 2.05) is 6.92 Å². The number of aryl methyl sites for hydroxylation is 1. The van der Waals surface area contributed by atoms with Crippen molar-refractivity contribution in [1.82, 2.24) is 9.66 Å². The molecule has 0 saturated heterocycles. The van der Waals surface area contributed by atoms with Crippen molar-refractivity contribution in [2.75, 3.05) is 11.6 Å². The first kappa shape index (κ1) is 14.2. The maximum atomic E-state index is 13.0. The molecule has 0 spiro atoms. The van der Waals surface area contributed by atoms with Crippen LogP contribution in [0.15, 0.2) is 24.3 Å². The van der Waals surface area contributed by atoms with Crippen molar-refractivity contribution in [3.63, 3.8) is 0 Å². The van der Waals surface area contributed by atoms with Crippen LogP contribution in [0, 0.1) is 0 Å². The van der Waals surface area contributed by atoms with E-state index in [-0.39, 0.29) is 17.1 Å². The zero-order chi connectivity index (χ0) is 14.9. The topological polar surface area (TPSA) is 69.9 Å². The Kier molecular flexibility index (Phi) is 3.61. The fourth-order valence-corrected chi connectivity index (χ4v) is 2.03. The molecule has 1 heterocycles. The van der Waals surface area contributed by atoms with Gasteiger partial charge in [0.2, 0.25) is 0 Å². The number of imidazole rings is 1. The Labute approximate surface area is 114 Å². The summed E-state index contributed by atoms with van der Waals surface area (Å²) in [4.78, 5) is 4.16. The van der Waals surface area contributed by atoms with Gasteiger partial charge in [-0.15, -0.1) is 0 Å². The second kappa shape index (κ2) is 5.07. The second-order valence-corrected chi connectivity index (χ2v) is 4.43. The number of alkyl halides is 3. The fraction of sp³-hybridized carbons (Fsp3) is 0.308. The molecule has 4 nitrogen and oxygen atoms in total. The first-order chi connectivity index (χ1) is 9.36. The molecule has 0 amide bonds. The number of nitrogens with zero attached hydrogens (tertiary/aromatic N) is 2. The Bertz CT molecular complexity index is 617. The highest BCUT2D eigenvalue weighted by Crippen LogP contribution is 2.38. The van der Waals surface area contributed by atoms with E-state index in [0.29, 0.717) is 12.2 Å². The van der Waals surface area contributed by atoms with Crippen molar-refractivity contribution in [2.45, 2.75) is 25.9 Å². The van der Waals surface area contributed by atoms with E-state index in [4.69, 9.17) is 11.6 Å². The molecule has 20 heavy (non-hydrogen) atoms. The molecule has 4 N–H and O–H groups in total. The number of aromatic nitrogens is 2. The molecule has 7 heteroatoms. The summed E-state index contributed by atoms with van der Waals surface area (Å²) in [6, 6.07) is 5.19. The summed E-state index contributed by atoms with van der Waals surface area (Å²) >= 11 is 0. The third-order valence-corrected chi connectivity index (χ3v) is 2.98. The number of anilines is 1. The molecule has 2 aromatic rings. The van der Waals surface area contributed by atoms with Crippen molar-refractivity contribution >= 4 is 5.82 Å². The van der Waals surface area contributed by atoms with Crippen molar-refractivity contribution in [3.05, 3.63) is 35.7 Å².